The first-order valence-electron chi connectivity index (χ1n) is 6.55. The van der Waals surface area contributed by atoms with Gasteiger partial charge in [0.1, 0.15) is 0 Å². The van der Waals surface area contributed by atoms with Crippen LogP contribution in [0.1, 0.15) is 32.0 Å². The minimum Gasteiger partial charge on any atom is -0.361 e. The van der Waals surface area contributed by atoms with Crippen LogP contribution in [0.2, 0.25) is 0 Å². The Hall–Kier alpha value is -0.970. The number of aryl methyl sites for hydroxylation is 2. The standard InChI is InChI=1S/C13H22N4S/c1-5-11-10(7-17(4)16-11)6-14-13-15-12(8-18-13)9(2)3/h7,9,12H,5-6,8H2,1-4H3,(H,14,15)/t12-/m1/s1. The van der Waals surface area contributed by atoms with Crippen LogP contribution in [0.5, 0.6) is 0 Å². The van der Waals surface area contributed by atoms with E-state index in [2.05, 4.69) is 42.4 Å². The second kappa shape index (κ2) is 5.78. The van der Waals surface area contributed by atoms with E-state index in [1.165, 1.54) is 5.56 Å². The molecule has 1 saturated heterocycles. The van der Waals surface area contributed by atoms with Crippen molar-refractivity contribution < 1.29 is 0 Å². The summed E-state index contributed by atoms with van der Waals surface area (Å²) in [5, 5.41) is 9.01. The highest BCUT2D eigenvalue weighted by Gasteiger charge is 2.22. The summed E-state index contributed by atoms with van der Waals surface area (Å²) in [5.74, 6) is 1.79. The van der Waals surface area contributed by atoms with Gasteiger partial charge in [0.15, 0.2) is 5.17 Å². The third-order valence-electron chi connectivity index (χ3n) is 3.23. The van der Waals surface area contributed by atoms with Crippen LogP contribution < -0.4 is 5.32 Å². The number of aliphatic imine (C=N–C) groups is 1. The molecule has 18 heavy (non-hydrogen) atoms. The van der Waals surface area contributed by atoms with Crippen LogP contribution in [0.3, 0.4) is 0 Å². The Kier molecular flexibility index (Phi) is 4.32. The fourth-order valence-corrected chi connectivity index (χ4v) is 3.23. The van der Waals surface area contributed by atoms with Crippen molar-refractivity contribution in [2.75, 3.05) is 5.75 Å². The van der Waals surface area contributed by atoms with E-state index in [9.17, 15) is 0 Å². The van der Waals surface area contributed by atoms with E-state index in [4.69, 9.17) is 0 Å². The molecular weight excluding hydrogens is 244 g/mol. The Morgan fingerprint density at radius 1 is 1.61 bits per heavy atom. The Balaban J connectivity index is 1.99. The van der Waals surface area contributed by atoms with Crippen molar-refractivity contribution in [1.82, 2.24) is 15.1 Å². The molecule has 0 unspecified atom stereocenters. The molecule has 0 aromatic carbocycles. The molecule has 0 radical (unpaired) electrons. The van der Waals surface area contributed by atoms with E-state index in [0.717, 1.165) is 29.6 Å². The van der Waals surface area contributed by atoms with Crippen molar-refractivity contribution in [1.29, 1.82) is 0 Å². The second-order valence-electron chi connectivity index (χ2n) is 5.06. The zero-order valence-electron chi connectivity index (χ0n) is 11.6. The summed E-state index contributed by atoms with van der Waals surface area (Å²) >= 11 is 1.83. The number of aromatic nitrogens is 2. The maximum Gasteiger partial charge on any atom is 0.157 e. The molecule has 1 aliphatic rings. The van der Waals surface area contributed by atoms with Crippen molar-refractivity contribution in [2.45, 2.75) is 39.8 Å². The summed E-state index contributed by atoms with van der Waals surface area (Å²) in [6.45, 7) is 7.36. The monoisotopic (exact) mass is 266 g/mol. The number of thioether (sulfide) groups is 1. The topological polar surface area (TPSA) is 42.2 Å². The minimum atomic E-state index is 0.563. The SMILES string of the molecule is CCc1nn(C)cc1CN=C1N[C@@H](C(C)C)CS1. The second-order valence-corrected chi connectivity index (χ2v) is 6.06. The molecule has 4 nitrogen and oxygen atoms in total. The van der Waals surface area contributed by atoms with Gasteiger partial charge in [-0.15, -0.1) is 0 Å². The van der Waals surface area contributed by atoms with Crippen LogP contribution in [0.4, 0.5) is 0 Å². The van der Waals surface area contributed by atoms with E-state index in [1.54, 1.807) is 0 Å². The third-order valence-corrected chi connectivity index (χ3v) is 4.28. The van der Waals surface area contributed by atoms with Gasteiger partial charge >= 0.3 is 0 Å². The summed E-state index contributed by atoms with van der Waals surface area (Å²) in [6, 6.07) is 0.563. The number of hydrogen-bond acceptors (Lipinski definition) is 3. The molecule has 1 aromatic rings. The van der Waals surface area contributed by atoms with Crippen molar-refractivity contribution >= 4 is 16.9 Å². The number of nitrogens with one attached hydrogen (secondary N) is 1. The van der Waals surface area contributed by atoms with Crippen molar-refractivity contribution in [2.24, 2.45) is 18.0 Å². The molecule has 2 heterocycles. The molecular formula is C13H22N4S. The van der Waals surface area contributed by atoms with Crippen molar-refractivity contribution in [3.8, 4) is 0 Å². The first-order chi connectivity index (χ1) is 8.60. The average molecular weight is 266 g/mol. The fraction of sp³-hybridized carbons (Fsp3) is 0.692. The van der Waals surface area contributed by atoms with Crippen molar-refractivity contribution in [3.05, 3.63) is 17.5 Å². The van der Waals surface area contributed by atoms with Gasteiger partial charge in [-0.2, -0.15) is 5.10 Å². The molecule has 0 aliphatic carbocycles. The normalized spacial score (nSPS) is 21.8. The van der Waals surface area contributed by atoms with Gasteiger partial charge in [0, 0.05) is 30.6 Å². The minimum absolute atomic E-state index is 0.563. The Bertz CT molecular complexity index is 436. The fourth-order valence-electron chi connectivity index (χ4n) is 2.03. The van der Waals surface area contributed by atoms with Gasteiger partial charge in [-0.3, -0.25) is 9.67 Å². The van der Waals surface area contributed by atoms with Gasteiger partial charge in [0.25, 0.3) is 0 Å². The van der Waals surface area contributed by atoms with Crippen LogP contribution in [0.25, 0.3) is 0 Å². The molecule has 5 heteroatoms. The van der Waals surface area contributed by atoms with Crippen LogP contribution in [-0.4, -0.2) is 26.7 Å². The van der Waals surface area contributed by atoms with Gasteiger partial charge in [-0.25, -0.2) is 0 Å². The van der Waals surface area contributed by atoms with Gasteiger partial charge in [-0.1, -0.05) is 32.5 Å². The molecule has 0 bridgehead atoms. The van der Waals surface area contributed by atoms with Gasteiger partial charge < -0.3 is 5.32 Å². The van der Waals surface area contributed by atoms with Crippen LogP contribution in [0, 0.1) is 5.92 Å². The van der Waals surface area contributed by atoms with E-state index in [1.807, 2.05) is 23.5 Å². The predicted molar refractivity (Wildman–Crippen MR) is 77.9 cm³/mol. The number of hydrogen-bond donors (Lipinski definition) is 1. The summed E-state index contributed by atoms with van der Waals surface area (Å²) in [7, 11) is 1.97. The summed E-state index contributed by atoms with van der Waals surface area (Å²) in [4.78, 5) is 4.66. The molecule has 1 fully saturated rings. The molecule has 0 spiro atoms. The Morgan fingerprint density at radius 3 is 3.00 bits per heavy atom. The maximum atomic E-state index is 4.66. The summed E-state index contributed by atoms with van der Waals surface area (Å²) < 4.78 is 1.88. The first-order valence-corrected chi connectivity index (χ1v) is 7.54. The van der Waals surface area contributed by atoms with Gasteiger partial charge in [0.2, 0.25) is 0 Å². The summed E-state index contributed by atoms with van der Waals surface area (Å²) in [6.07, 6.45) is 3.04. The predicted octanol–water partition coefficient (Wildman–Crippen LogP) is 2.20. The van der Waals surface area contributed by atoms with Gasteiger partial charge in [-0.05, 0) is 12.3 Å². The highest BCUT2D eigenvalue weighted by atomic mass is 32.2. The molecule has 0 saturated carbocycles. The lowest BCUT2D eigenvalue weighted by Gasteiger charge is -2.13. The largest absolute Gasteiger partial charge is 0.361 e. The molecule has 1 atom stereocenters. The number of nitrogens with zero attached hydrogens (tertiary/aromatic N) is 3. The lowest BCUT2D eigenvalue weighted by molar-refractivity contribution is 0.503. The summed E-state index contributed by atoms with van der Waals surface area (Å²) in [5.41, 5.74) is 2.40. The zero-order chi connectivity index (χ0) is 13.1. The van der Waals surface area contributed by atoms with E-state index in [0.29, 0.717) is 12.0 Å². The zero-order valence-corrected chi connectivity index (χ0v) is 12.4. The van der Waals surface area contributed by atoms with Crippen LogP contribution in [-0.2, 0) is 20.0 Å². The van der Waals surface area contributed by atoms with E-state index >= 15 is 0 Å². The smallest absolute Gasteiger partial charge is 0.157 e. The molecule has 1 N–H and O–H groups in total. The Labute approximate surface area is 113 Å². The average Bonchev–Trinajstić information content (AvgIpc) is 2.92. The van der Waals surface area contributed by atoms with Crippen LogP contribution in [0.15, 0.2) is 11.2 Å². The highest BCUT2D eigenvalue weighted by Crippen LogP contribution is 2.20. The molecule has 1 aromatic heterocycles. The Morgan fingerprint density at radius 2 is 2.39 bits per heavy atom. The van der Waals surface area contributed by atoms with E-state index in [-0.39, 0.29) is 0 Å². The molecule has 100 valence electrons. The maximum absolute atomic E-state index is 4.66. The van der Waals surface area contributed by atoms with Crippen LogP contribution >= 0.6 is 11.8 Å². The first kappa shape index (κ1) is 13.5. The lowest BCUT2D eigenvalue weighted by atomic mass is 10.1. The number of rotatable bonds is 4. The van der Waals surface area contributed by atoms with Gasteiger partial charge in [0.05, 0.1) is 12.2 Å². The molecule has 1 aliphatic heterocycles. The third kappa shape index (κ3) is 3.07. The quantitative estimate of drug-likeness (QED) is 0.908. The highest BCUT2D eigenvalue weighted by molar-refractivity contribution is 8.14. The lowest BCUT2D eigenvalue weighted by Crippen LogP contribution is -2.31. The molecule has 0 amide bonds. The molecule has 2 rings (SSSR count). The van der Waals surface area contributed by atoms with E-state index < -0.39 is 0 Å². The number of amidine groups is 1. The van der Waals surface area contributed by atoms with Crippen molar-refractivity contribution in [3.63, 3.8) is 0 Å².